The fraction of sp³-hybridized carbons (Fsp3) is 0.222. The molecule has 5 heteroatoms. The number of rotatable bonds is 4. The minimum atomic E-state index is -1.10. The van der Waals surface area contributed by atoms with Crippen LogP contribution in [0, 0.1) is 0 Å². The zero-order valence-corrected chi connectivity index (χ0v) is 8.81. The van der Waals surface area contributed by atoms with Gasteiger partial charge in [-0.1, -0.05) is 29.3 Å². The van der Waals surface area contributed by atoms with E-state index in [0.29, 0.717) is 16.6 Å². The van der Waals surface area contributed by atoms with E-state index in [1.54, 1.807) is 23.5 Å². The Hall–Kier alpha value is -0.770. The predicted molar refractivity (Wildman–Crippen MR) is 52.0 cm³/mol. The fourth-order valence-electron chi connectivity index (χ4n) is 1.06. The standard InChI is InChI=1S/C9H9Cl2NO2/c10-7-2-1-3-8(11)6(7)4-12-5-9(13)14/h1-3,12H,4-5H2,(H,13,14). The van der Waals surface area contributed by atoms with Crippen molar-refractivity contribution >= 4 is 29.2 Å². The molecule has 1 aromatic rings. The maximum Gasteiger partial charge on any atom is 0.116 e. The molecule has 0 radical (unpaired) electrons. The minimum Gasteiger partial charge on any atom is -0.544 e. The molecule has 0 aliphatic heterocycles. The van der Waals surface area contributed by atoms with Gasteiger partial charge in [0.2, 0.25) is 0 Å². The van der Waals surface area contributed by atoms with Crippen molar-refractivity contribution in [3.8, 4) is 0 Å². The Kier molecular flexibility index (Phi) is 4.20. The van der Waals surface area contributed by atoms with Gasteiger partial charge in [0.05, 0.1) is 16.0 Å². The van der Waals surface area contributed by atoms with Gasteiger partial charge in [0, 0.05) is 5.56 Å². The maximum absolute atomic E-state index is 10.2. The van der Waals surface area contributed by atoms with Crippen molar-refractivity contribution in [3.05, 3.63) is 33.8 Å². The summed E-state index contributed by atoms with van der Waals surface area (Å²) in [6.07, 6.45) is 0. The maximum atomic E-state index is 10.2. The van der Waals surface area contributed by atoms with E-state index in [1.807, 2.05) is 0 Å². The van der Waals surface area contributed by atoms with Crippen LogP contribution in [-0.2, 0) is 11.3 Å². The van der Waals surface area contributed by atoms with Crippen molar-refractivity contribution in [2.24, 2.45) is 0 Å². The van der Waals surface area contributed by atoms with Crippen LogP contribution >= 0.6 is 23.2 Å². The van der Waals surface area contributed by atoms with Gasteiger partial charge >= 0.3 is 0 Å². The number of quaternary nitrogens is 1. The third-order valence-electron chi connectivity index (χ3n) is 1.72. The largest absolute Gasteiger partial charge is 0.544 e. The summed E-state index contributed by atoms with van der Waals surface area (Å²) in [5, 5.41) is 12.8. The number of halogens is 2. The molecule has 76 valence electrons. The van der Waals surface area contributed by atoms with Crippen molar-refractivity contribution in [1.82, 2.24) is 0 Å². The van der Waals surface area contributed by atoms with E-state index >= 15 is 0 Å². The number of benzene rings is 1. The molecule has 2 N–H and O–H groups in total. The smallest absolute Gasteiger partial charge is 0.116 e. The molecule has 0 saturated heterocycles. The van der Waals surface area contributed by atoms with E-state index < -0.39 is 5.97 Å². The van der Waals surface area contributed by atoms with Crippen LogP contribution in [0.1, 0.15) is 5.56 Å². The molecule has 0 aliphatic carbocycles. The lowest BCUT2D eigenvalue weighted by Gasteiger charge is -2.06. The van der Waals surface area contributed by atoms with Gasteiger partial charge in [-0.25, -0.2) is 0 Å². The third-order valence-corrected chi connectivity index (χ3v) is 2.43. The first-order chi connectivity index (χ1) is 6.61. The lowest BCUT2D eigenvalue weighted by molar-refractivity contribution is -0.665. The highest BCUT2D eigenvalue weighted by Gasteiger charge is 2.06. The highest BCUT2D eigenvalue weighted by atomic mass is 35.5. The van der Waals surface area contributed by atoms with E-state index in [9.17, 15) is 9.90 Å². The van der Waals surface area contributed by atoms with Crippen molar-refractivity contribution in [1.29, 1.82) is 0 Å². The average molecular weight is 234 g/mol. The van der Waals surface area contributed by atoms with Crippen LogP contribution < -0.4 is 10.4 Å². The Morgan fingerprint density at radius 1 is 1.36 bits per heavy atom. The predicted octanol–water partition coefficient (Wildman–Crippen LogP) is -0.193. The number of carboxylic acids is 1. The van der Waals surface area contributed by atoms with E-state index in [-0.39, 0.29) is 6.54 Å². The summed E-state index contributed by atoms with van der Waals surface area (Å²) in [6, 6.07) is 5.18. The molecule has 1 aromatic carbocycles. The van der Waals surface area contributed by atoms with Gasteiger partial charge in [0.1, 0.15) is 13.1 Å². The number of hydrogen-bond acceptors (Lipinski definition) is 2. The normalized spacial score (nSPS) is 10.1. The monoisotopic (exact) mass is 233 g/mol. The Morgan fingerprint density at radius 2 is 1.93 bits per heavy atom. The molecule has 1 rings (SSSR count). The molecule has 0 amide bonds. The van der Waals surface area contributed by atoms with Crippen LogP contribution in [0.5, 0.6) is 0 Å². The zero-order chi connectivity index (χ0) is 10.6. The summed E-state index contributed by atoms with van der Waals surface area (Å²) in [5.74, 6) is -1.10. The highest BCUT2D eigenvalue weighted by Crippen LogP contribution is 2.22. The van der Waals surface area contributed by atoms with Crippen LogP contribution in [0.3, 0.4) is 0 Å². The summed E-state index contributed by atoms with van der Waals surface area (Å²) in [4.78, 5) is 10.2. The Balaban J connectivity index is 2.62. The van der Waals surface area contributed by atoms with Crippen LogP contribution in [0.4, 0.5) is 0 Å². The molecule has 14 heavy (non-hydrogen) atoms. The summed E-state index contributed by atoms with van der Waals surface area (Å²) in [5.41, 5.74) is 0.747. The van der Waals surface area contributed by atoms with Gasteiger partial charge in [-0.05, 0) is 12.1 Å². The molecule has 0 unspecified atom stereocenters. The van der Waals surface area contributed by atoms with Crippen molar-refractivity contribution in [2.75, 3.05) is 6.54 Å². The van der Waals surface area contributed by atoms with E-state index in [2.05, 4.69) is 0 Å². The van der Waals surface area contributed by atoms with E-state index in [1.165, 1.54) is 0 Å². The number of carbonyl (C=O) groups excluding carboxylic acids is 1. The van der Waals surface area contributed by atoms with Crippen LogP contribution in [0.15, 0.2) is 18.2 Å². The Bertz CT molecular complexity index is 321. The molecular formula is C9H9Cl2NO2. The van der Waals surface area contributed by atoms with Crippen molar-refractivity contribution < 1.29 is 15.2 Å². The molecule has 0 aliphatic rings. The number of carbonyl (C=O) groups is 1. The van der Waals surface area contributed by atoms with E-state index in [0.717, 1.165) is 5.56 Å². The lowest BCUT2D eigenvalue weighted by atomic mass is 10.2. The first-order valence-electron chi connectivity index (χ1n) is 4.05. The summed E-state index contributed by atoms with van der Waals surface area (Å²) in [6.45, 7) is 0.341. The Morgan fingerprint density at radius 3 is 2.43 bits per heavy atom. The summed E-state index contributed by atoms with van der Waals surface area (Å²) in [7, 11) is 0. The molecule has 0 heterocycles. The number of aliphatic carboxylic acids is 1. The minimum absolute atomic E-state index is 0.0957. The van der Waals surface area contributed by atoms with Crippen molar-refractivity contribution in [3.63, 3.8) is 0 Å². The zero-order valence-electron chi connectivity index (χ0n) is 7.30. The number of carboxylic acid groups (broad SMARTS) is 1. The van der Waals surface area contributed by atoms with Gasteiger partial charge in [0.15, 0.2) is 0 Å². The number of hydrogen-bond donors (Lipinski definition) is 1. The second-order valence-corrected chi connectivity index (χ2v) is 3.58. The second-order valence-electron chi connectivity index (χ2n) is 2.77. The summed E-state index contributed by atoms with van der Waals surface area (Å²) >= 11 is 11.8. The average Bonchev–Trinajstić information content (AvgIpc) is 2.09. The fourth-order valence-corrected chi connectivity index (χ4v) is 1.61. The van der Waals surface area contributed by atoms with Crippen LogP contribution in [-0.4, -0.2) is 12.5 Å². The first-order valence-corrected chi connectivity index (χ1v) is 4.81. The first kappa shape index (κ1) is 11.3. The topological polar surface area (TPSA) is 56.7 Å². The second kappa shape index (κ2) is 5.20. The van der Waals surface area contributed by atoms with Crippen LogP contribution in [0.2, 0.25) is 10.0 Å². The van der Waals surface area contributed by atoms with E-state index in [4.69, 9.17) is 23.2 Å². The van der Waals surface area contributed by atoms with Gasteiger partial charge in [-0.15, -0.1) is 0 Å². The van der Waals surface area contributed by atoms with Gasteiger partial charge in [0.25, 0.3) is 0 Å². The quantitative estimate of drug-likeness (QED) is 0.784. The SMILES string of the molecule is O=C([O-])C[NH2+]Cc1c(Cl)cccc1Cl. The molecule has 0 saturated carbocycles. The molecule has 0 bridgehead atoms. The molecule has 0 aromatic heterocycles. The molecular weight excluding hydrogens is 225 g/mol. The molecule has 0 fully saturated rings. The van der Waals surface area contributed by atoms with Crippen molar-refractivity contribution in [2.45, 2.75) is 6.54 Å². The molecule has 3 nitrogen and oxygen atoms in total. The van der Waals surface area contributed by atoms with Gasteiger partial charge in [-0.2, -0.15) is 0 Å². The van der Waals surface area contributed by atoms with Gasteiger partial charge in [-0.3, -0.25) is 0 Å². The Labute approximate surface area is 91.6 Å². The summed E-state index contributed by atoms with van der Waals surface area (Å²) < 4.78 is 0. The highest BCUT2D eigenvalue weighted by molar-refractivity contribution is 6.35. The third kappa shape index (κ3) is 3.18. The lowest BCUT2D eigenvalue weighted by Crippen LogP contribution is -2.85. The van der Waals surface area contributed by atoms with Crippen LogP contribution in [0.25, 0.3) is 0 Å². The molecule has 0 atom stereocenters. The number of nitrogens with two attached hydrogens (primary N) is 1. The molecule has 0 spiro atoms. The van der Waals surface area contributed by atoms with Gasteiger partial charge < -0.3 is 15.2 Å².